The molecule has 0 radical (unpaired) electrons. The maximum atomic E-state index is 6.71. The Kier molecular flexibility index (Phi) is 3.15. The van der Waals surface area contributed by atoms with E-state index in [9.17, 15) is 0 Å². The third kappa shape index (κ3) is 1.95. The van der Waals surface area contributed by atoms with E-state index >= 15 is 0 Å². The molecule has 3 aromatic rings. The minimum absolute atomic E-state index is 0.307. The third-order valence-corrected chi connectivity index (χ3v) is 6.13. The van der Waals surface area contributed by atoms with Gasteiger partial charge >= 0.3 is 0 Å². The van der Waals surface area contributed by atoms with Crippen LogP contribution >= 0.6 is 0 Å². The summed E-state index contributed by atoms with van der Waals surface area (Å²) in [5.74, 6) is 1.67. The molecule has 136 valence electrons. The first-order chi connectivity index (χ1) is 13.0. The molecule has 0 saturated carbocycles. The quantitative estimate of drug-likeness (QED) is 0.609. The van der Waals surface area contributed by atoms with Gasteiger partial charge in [-0.05, 0) is 49.1 Å². The van der Waals surface area contributed by atoms with Crippen LogP contribution in [0.5, 0.6) is 11.5 Å². The van der Waals surface area contributed by atoms with E-state index in [1.54, 1.807) is 7.11 Å². The van der Waals surface area contributed by atoms with E-state index in [-0.39, 0.29) is 5.41 Å². The molecule has 1 unspecified atom stereocenters. The Hall–Kier alpha value is -3.01. The molecule has 27 heavy (non-hydrogen) atoms. The van der Waals surface area contributed by atoms with Crippen molar-refractivity contribution in [3.8, 4) is 11.5 Å². The summed E-state index contributed by atoms with van der Waals surface area (Å²) in [5.41, 5.74) is 2.24. The zero-order valence-corrected chi connectivity index (χ0v) is 16.0. The highest BCUT2D eigenvalue weighted by atomic mass is 16.5. The Bertz CT molecular complexity index is 1100. The molecule has 2 aliphatic rings. The first kappa shape index (κ1) is 16.2. The molecule has 4 nitrogen and oxygen atoms in total. The number of aliphatic imine (C=N–C) groups is 1. The molecular formula is C23H22N2O2. The van der Waals surface area contributed by atoms with Gasteiger partial charge in [-0.3, -0.25) is 4.99 Å². The van der Waals surface area contributed by atoms with Crippen molar-refractivity contribution in [1.29, 1.82) is 0 Å². The summed E-state index contributed by atoms with van der Waals surface area (Å²) in [6.45, 7) is 4.40. The number of hydrogen-bond acceptors (Lipinski definition) is 4. The molecule has 0 saturated heterocycles. The minimum Gasteiger partial charge on any atom is -0.497 e. The number of hydrogen-bond donors (Lipinski definition) is 0. The van der Waals surface area contributed by atoms with Crippen molar-refractivity contribution in [2.24, 2.45) is 4.99 Å². The summed E-state index contributed by atoms with van der Waals surface area (Å²) in [6, 6.07) is 18.6. The van der Waals surface area contributed by atoms with Crippen LogP contribution in [-0.2, 0) is 5.41 Å². The van der Waals surface area contributed by atoms with Gasteiger partial charge in [0.15, 0.2) is 0 Å². The zero-order valence-electron chi connectivity index (χ0n) is 16.0. The number of rotatable bonds is 1. The van der Waals surface area contributed by atoms with Crippen LogP contribution < -0.4 is 14.4 Å². The van der Waals surface area contributed by atoms with Crippen molar-refractivity contribution in [2.75, 3.05) is 19.1 Å². The molecule has 0 aromatic heterocycles. The van der Waals surface area contributed by atoms with E-state index in [2.05, 4.69) is 56.1 Å². The van der Waals surface area contributed by atoms with Gasteiger partial charge in [-0.25, -0.2) is 0 Å². The summed E-state index contributed by atoms with van der Waals surface area (Å²) < 4.78 is 12.2. The maximum absolute atomic E-state index is 6.71. The Morgan fingerprint density at radius 2 is 1.85 bits per heavy atom. The number of likely N-dealkylation sites (N-methyl/N-ethyl adjacent to an activating group) is 1. The lowest BCUT2D eigenvalue weighted by Gasteiger charge is -2.44. The van der Waals surface area contributed by atoms with Gasteiger partial charge in [-0.1, -0.05) is 30.3 Å². The van der Waals surface area contributed by atoms with Gasteiger partial charge in [0, 0.05) is 18.1 Å². The molecule has 0 bridgehead atoms. The highest BCUT2D eigenvalue weighted by molar-refractivity contribution is 5.99. The Morgan fingerprint density at radius 3 is 2.67 bits per heavy atom. The fraction of sp³-hybridized carbons (Fsp3) is 0.261. The number of methoxy groups -OCH3 is 1. The van der Waals surface area contributed by atoms with Crippen LogP contribution in [0.25, 0.3) is 10.8 Å². The highest BCUT2D eigenvalue weighted by Crippen LogP contribution is 2.54. The lowest BCUT2D eigenvalue weighted by molar-refractivity contribution is 0.0826. The maximum Gasteiger partial charge on any atom is 0.228 e. The van der Waals surface area contributed by atoms with Gasteiger partial charge in [-0.2, -0.15) is 0 Å². The monoisotopic (exact) mass is 358 g/mol. The van der Waals surface area contributed by atoms with Crippen molar-refractivity contribution in [3.05, 3.63) is 60.2 Å². The number of ether oxygens (including phenoxy) is 2. The molecule has 1 spiro atoms. The molecule has 5 rings (SSSR count). The molecule has 0 fully saturated rings. The SMILES string of the molecule is COc1ccc2c(c1)C(C)(C)C1(C=Nc3c(ccc4ccccc34)O1)N2C. The highest BCUT2D eigenvalue weighted by Gasteiger charge is 2.58. The summed E-state index contributed by atoms with van der Waals surface area (Å²) in [6.07, 6.45) is 1.97. The van der Waals surface area contributed by atoms with Crippen molar-refractivity contribution in [1.82, 2.24) is 0 Å². The van der Waals surface area contributed by atoms with Gasteiger partial charge in [0.2, 0.25) is 5.72 Å². The molecule has 4 heteroatoms. The van der Waals surface area contributed by atoms with Crippen LogP contribution in [0.2, 0.25) is 0 Å². The van der Waals surface area contributed by atoms with Crippen LogP contribution in [0.3, 0.4) is 0 Å². The van der Waals surface area contributed by atoms with Gasteiger partial charge in [-0.15, -0.1) is 0 Å². The second-order valence-electron chi connectivity index (χ2n) is 7.76. The molecule has 0 aliphatic carbocycles. The molecule has 2 heterocycles. The second-order valence-corrected chi connectivity index (χ2v) is 7.76. The van der Waals surface area contributed by atoms with Gasteiger partial charge < -0.3 is 14.4 Å². The van der Waals surface area contributed by atoms with Crippen LogP contribution in [0.15, 0.2) is 59.6 Å². The number of benzene rings is 3. The fourth-order valence-corrected chi connectivity index (χ4v) is 4.47. The predicted octanol–water partition coefficient (Wildman–Crippen LogP) is 5.07. The van der Waals surface area contributed by atoms with Gasteiger partial charge in [0.1, 0.15) is 17.2 Å². The zero-order chi connectivity index (χ0) is 18.8. The number of anilines is 1. The van der Waals surface area contributed by atoms with E-state index in [1.165, 1.54) is 10.9 Å². The molecule has 0 N–H and O–H groups in total. The van der Waals surface area contributed by atoms with Gasteiger partial charge in [0.05, 0.1) is 18.7 Å². The molecule has 1 atom stereocenters. The lowest BCUT2D eigenvalue weighted by atomic mass is 9.77. The van der Waals surface area contributed by atoms with E-state index < -0.39 is 5.72 Å². The summed E-state index contributed by atoms with van der Waals surface area (Å²) in [7, 11) is 3.77. The summed E-state index contributed by atoms with van der Waals surface area (Å²) in [4.78, 5) is 7.09. The molecule has 3 aromatic carbocycles. The summed E-state index contributed by atoms with van der Waals surface area (Å²) >= 11 is 0. The standard InChI is InChI=1S/C23H22N2O2/c1-22(2)18-13-16(26-4)10-11-19(18)25(3)23(22)14-24-21-17-8-6-5-7-15(17)9-12-20(21)27-23/h5-14H,1-4H3. The number of nitrogens with zero attached hydrogens (tertiary/aromatic N) is 2. The van der Waals surface area contributed by atoms with Crippen molar-refractivity contribution in [2.45, 2.75) is 25.0 Å². The summed E-state index contributed by atoms with van der Waals surface area (Å²) in [5, 5.41) is 2.28. The molecular weight excluding hydrogens is 336 g/mol. The molecule has 0 amide bonds. The average molecular weight is 358 g/mol. The van der Waals surface area contributed by atoms with E-state index in [1.807, 2.05) is 30.5 Å². The van der Waals surface area contributed by atoms with Crippen molar-refractivity contribution in [3.63, 3.8) is 0 Å². The third-order valence-electron chi connectivity index (χ3n) is 6.13. The van der Waals surface area contributed by atoms with Crippen LogP contribution in [0.4, 0.5) is 11.4 Å². The van der Waals surface area contributed by atoms with E-state index in [0.717, 1.165) is 28.3 Å². The van der Waals surface area contributed by atoms with Crippen LogP contribution in [0, 0.1) is 0 Å². The fourth-order valence-electron chi connectivity index (χ4n) is 4.47. The van der Waals surface area contributed by atoms with Crippen molar-refractivity contribution >= 4 is 28.4 Å². The average Bonchev–Trinajstić information content (AvgIpc) is 2.86. The topological polar surface area (TPSA) is 34.1 Å². The smallest absolute Gasteiger partial charge is 0.228 e. The lowest BCUT2D eigenvalue weighted by Crippen LogP contribution is -2.61. The Labute approximate surface area is 159 Å². The van der Waals surface area contributed by atoms with E-state index in [4.69, 9.17) is 14.5 Å². The minimum atomic E-state index is -0.683. The van der Waals surface area contributed by atoms with Gasteiger partial charge in [0.25, 0.3) is 0 Å². The first-order valence-corrected chi connectivity index (χ1v) is 9.16. The predicted molar refractivity (Wildman–Crippen MR) is 110 cm³/mol. The van der Waals surface area contributed by atoms with Crippen LogP contribution in [-0.4, -0.2) is 26.1 Å². The molecule has 2 aliphatic heterocycles. The Morgan fingerprint density at radius 1 is 1.04 bits per heavy atom. The first-order valence-electron chi connectivity index (χ1n) is 9.16. The normalized spacial score (nSPS) is 21.9. The van der Waals surface area contributed by atoms with E-state index in [0.29, 0.717) is 0 Å². The Balaban J connectivity index is 1.69. The number of fused-ring (bicyclic) bond motifs is 4. The van der Waals surface area contributed by atoms with Crippen molar-refractivity contribution < 1.29 is 9.47 Å². The largest absolute Gasteiger partial charge is 0.497 e. The van der Waals surface area contributed by atoms with Crippen LogP contribution in [0.1, 0.15) is 19.4 Å². The second kappa shape index (κ2) is 5.26.